The van der Waals surface area contributed by atoms with Crippen molar-refractivity contribution in [1.82, 2.24) is 10.2 Å². The van der Waals surface area contributed by atoms with Gasteiger partial charge in [0.15, 0.2) is 0 Å². The van der Waals surface area contributed by atoms with Crippen LogP contribution in [0.15, 0.2) is 0 Å². The van der Waals surface area contributed by atoms with Gasteiger partial charge in [-0.1, -0.05) is 6.42 Å². The molecule has 1 unspecified atom stereocenters. The second-order valence-electron chi connectivity index (χ2n) is 5.45. The minimum absolute atomic E-state index is 0.485. The van der Waals surface area contributed by atoms with E-state index in [1.54, 1.807) is 0 Å². The zero-order valence-electron chi connectivity index (χ0n) is 11.1. The Bertz CT molecular complexity index is 167. The van der Waals surface area contributed by atoms with Crippen molar-refractivity contribution in [3.63, 3.8) is 0 Å². The van der Waals surface area contributed by atoms with Crippen molar-refractivity contribution in [2.24, 2.45) is 0 Å². The number of rotatable bonds is 6. The van der Waals surface area contributed by atoms with Gasteiger partial charge in [-0.25, -0.2) is 0 Å². The van der Waals surface area contributed by atoms with Gasteiger partial charge < -0.3 is 15.0 Å². The molecular weight excluding hydrogens is 212 g/mol. The van der Waals surface area contributed by atoms with Crippen molar-refractivity contribution in [3.05, 3.63) is 0 Å². The van der Waals surface area contributed by atoms with Crippen molar-refractivity contribution in [2.75, 3.05) is 39.3 Å². The van der Waals surface area contributed by atoms with Crippen LogP contribution in [0, 0.1) is 0 Å². The fourth-order valence-corrected chi connectivity index (χ4v) is 2.84. The van der Waals surface area contributed by atoms with Gasteiger partial charge in [-0.3, -0.25) is 0 Å². The molecule has 0 bridgehead atoms. The Hall–Kier alpha value is -0.120. The zero-order chi connectivity index (χ0) is 11.8. The van der Waals surface area contributed by atoms with Crippen LogP contribution in [0.25, 0.3) is 0 Å². The third-order valence-electron chi connectivity index (χ3n) is 3.92. The van der Waals surface area contributed by atoms with Crippen LogP contribution in [0.5, 0.6) is 0 Å². The van der Waals surface area contributed by atoms with Crippen molar-refractivity contribution < 1.29 is 4.74 Å². The number of hydrogen-bond acceptors (Lipinski definition) is 3. The van der Waals surface area contributed by atoms with Gasteiger partial charge in [0.2, 0.25) is 0 Å². The molecule has 2 fully saturated rings. The maximum Gasteiger partial charge on any atom is 0.0699 e. The predicted octanol–water partition coefficient (Wildman–Crippen LogP) is 2.02. The molecule has 2 saturated heterocycles. The number of hydrogen-bond donors (Lipinski definition) is 1. The second-order valence-corrected chi connectivity index (χ2v) is 5.45. The molecule has 2 aliphatic heterocycles. The molecule has 3 heteroatoms. The number of piperidine rings is 1. The normalized spacial score (nSPS) is 27.2. The summed E-state index contributed by atoms with van der Waals surface area (Å²) < 4.78 is 5.70. The fourth-order valence-electron chi connectivity index (χ4n) is 2.84. The van der Waals surface area contributed by atoms with Crippen molar-refractivity contribution in [1.29, 1.82) is 0 Å². The Morgan fingerprint density at radius 3 is 2.71 bits per heavy atom. The van der Waals surface area contributed by atoms with Gasteiger partial charge in [0.1, 0.15) is 0 Å². The summed E-state index contributed by atoms with van der Waals surface area (Å²) in [6.07, 6.45) is 9.87. The standard InChI is InChI=1S/C14H28N2O/c1-3-9-16(10-4-1)11-6-8-15-13-14-7-2-5-12-17-14/h14-15H,1-13H2. The van der Waals surface area contributed by atoms with Gasteiger partial charge in [-0.15, -0.1) is 0 Å². The van der Waals surface area contributed by atoms with Gasteiger partial charge in [0.25, 0.3) is 0 Å². The van der Waals surface area contributed by atoms with E-state index < -0.39 is 0 Å². The van der Waals surface area contributed by atoms with Gasteiger partial charge in [0, 0.05) is 13.2 Å². The van der Waals surface area contributed by atoms with E-state index in [9.17, 15) is 0 Å². The maximum atomic E-state index is 5.70. The van der Waals surface area contributed by atoms with Crippen molar-refractivity contribution >= 4 is 0 Å². The summed E-state index contributed by atoms with van der Waals surface area (Å²) in [6.45, 7) is 7.10. The average Bonchev–Trinajstić information content (AvgIpc) is 2.41. The van der Waals surface area contributed by atoms with Gasteiger partial charge in [-0.2, -0.15) is 0 Å². The Balaban J connectivity index is 1.42. The first-order valence-electron chi connectivity index (χ1n) is 7.50. The smallest absolute Gasteiger partial charge is 0.0699 e. The molecule has 2 heterocycles. The highest BCUT2D eigenvalue weighted by atomic mass is 16.5. The van der Waals surface area contributed by atoms with E-state index >= 15 is 0 Å². The fraction of sp³-hybridized carbons (Fsp3) is 1.00. The molecule has 0 aromatic rings. The molecule has 0 aromatic heterocycles. The van der Waals surface area contributed by atoms with Crippen LogP contribution < -0.4 is 5.32 Å². The van der Waals surface area contributed by atoms with Crippen LogP contribution in [0.2, 0.25) is 0 Å². The molecule has 0 amide bonds. The Morgan fingerprint density at radius 1 is 1.06 bits per heavy atom. The number of nitrogens with zero attached hydrogens (tertiary/aromatic N) is 1. The quantitative estimate of drug-likeness (QED) is 0.719. The summed E-state index contributed by atoms with van der Waals surface area (Å²) in [7, 11) is 0. The van der Waals surface area contributed by atoms with Gasteiger partial charge in [0.05, 0.1) is 6.10 Å². The lowest BCUT2D eigenvalue weighted by Gasteiger charge is -2.26. The Morgan fingerprint density at radius 2 is 1.94 bits per heavy atom. The zero-order valence-corrected chi connectivity index (χ0v) is 11.1. The van der Waals surface area contributed by atoms with E-state index in [-0.39, 0.29) is 0 Å². The SMILES string of the molecule is C1CCN(CCCNCC2CCCCO2)CC1. The molecule has 2 rings (SSSR count). The summed E-state index contributed by atoms with van der Waals surface area (Å²) in [6, 6.07) is 0. The van der Waals surface area contributed by atoms with Crippen LogP contribution in [0.4, 0.5) is 0 Å². The maximum absolute atomic E-state index is 5.70. The topological polar surface area (TPSA) is 24.5 Å². The molecule has 0 radical (unpaired) electrons. The first-order chi connectivity index (χ1) is 8.45. The largest absolute Gasteiger partial charge is 0.377 e. The molecule has 0 spiro atoms. The van der Waals surface area contributed by atoms with Crippen molar-refractivity contribution in [3.8, 4) is 0 Å². The highest BCUT2D eigenvalue weighted by Gasteiger charge is 2.13. The monoisotopic (exact) mass is 240 g/mol. The van der Waals surface area contributed by atoms with Crippen LogP contribution in [-0.4, -0.2) is 50.3 Å². The summed E-state index contributed by atoms with van der Waals surface area (Å²) in [5, 5.41) is 3.54. The molecule has 0 aliphatic carbocycles. The van der Waals surface area contributed by atoms with Crippen LogP contribution in [-0.2, 0) is 4.74 Å². The number of likely N-dealkylation sites (tertiary alicyclic amines) is 1. The molecule has 1 atom stereocenters. The molecule has 3 nitrogen and oxygen atoms in total. The van der Waals surface area contributed by atoms with Crippen molar-refractivity contribution in [2.45, 2.75) is 51.0 Å². The third-order valence-corrected chi connectivity index (χ3v) is 3.92. The Kier molecular flexibility index (Phi) is 6.32. The van der Waals surface area contributed by atoms with E-state index in [0.717, 1.165) is 19.7 Å². The third kappa shape index (κ3) is 5.36. The molecule has 2 aliphatic rings. The minimum atomic E-state index is 0.485. The lowest BCUT2D eigenvalue weighted by Crippen LogP contribution is -2.35. The summed E-state index contributed by atoms with van der Waals surface area (Å²) >= 11 is 0. The first-order valence-corrected chi connectivity index (χ1v) is 7.50. The molecular formula is C14H28N2O. The van der Waals surface area contributed by atoms with E-state index in [2.05, 4.69) is 10.2 Å². The molecule has 0 aromatic carbocycles. The van der Waals surface area contributed by atoms with E-state index in [4.69, 9.17) is 4.74 Å². The van der Waals surface area contributed by atoms with E-state index in [1.165, 1.54) is 64.6 Å². The average molecular weight is 240 g/mol. The van der Waals surface area contributed by atoms with Crippen LogP contribution in [0.3, 0.4) is 0 Å². The van der Waals surface area contributed by atoms with Crippen LogP contribution >= 0.6 is 0 Å². The lowest BCUT2D eigenvalue weighted by molar-refractivity contribution is 0.0169. The van der Waals surface area contributed by atoms with Gasteiger partial charge >= 0.3 is 0 Å². The lowest BCUT2D eigenvalue weighted by atomic mass is 10.1. The minimum Gasteiger partial charge on any atom is -0.377 e. The molecule has 1 N–H and O–H groups in total. The number of nitrogens with one attached hydrogen (secondary N) is 1. The second kappa shape index (κ2) is 8.06. The summed E-state index contributed by atoms with van der Waals surface area (Å²) in [5.41, 5.74) is 0. The van der Waals surface area contributed by atoms with E-state index in [0.29, 0.717) is 6.10 Å². The first kappa shape index (κ1) is 13.3. The molecule has 100 valence electrons. The van der Waals surface area contributed by atoms with Gasteiger partial charge in [-0.05, 0) is 64.7 Å². The summed E-state index contributed by atoms with van der Waals surface area (Å²) in [5.74, 6) is 0. The van der Waals surface area contributed by atoms with Crippen LogP contribution in [0.1, 0.15) is 44.9 Å². The van der Waals surface area contributed by atoms with E-state index in [1.807, 2.05) is 0 Å². The molecule has 0 saturated carbocycles. The highest BCUT2D eigenvalue weighted by molar-refractivity contribution is 4.68. The number of ether oxygens (including phenoxy) is 1. The Labute approximate surface area is 106 Å². The highest BCUT2D eigenvalue weighted by Crippen LogP contribution is 2.11. The summed E-state index contributed by atoms with van der Waals surface area (Å²) in [4.78, 5) is 2.61. The predicted molar refractivity (Wildman–Crippen MR) is 71.4 cm³/mol. The molecule has 17 heavy (non-hydrogen) atoms.